The lowest BCUT2D eigenvalue weighted by Crippen LogP contribution is -2.53. The number of anilines is 1. The SMILES string of the molecule is Cc1cccc(N2CC(C(=O)N(C)C)C2)c1. The van der Waals surface area contributed by atoms with Crippen molar-refractivity contribution in [2.45, 2.75) is 6.92 Å². The third-order valence-electron chi connectivity index (χ3n) is 3.04. The van der Waals surface area contributed by atoms with Gasteiger partial charge in [0.25, 0.3) is 0 Å². The van der Waals surface area contributed by atoms with Gasteiger partial charge in [0.05, 0.1) is 5.92 Å². The Morgan fingerprint density at radius 2 is 2.06 bits per heavy atom. The molecule has 1 saturated heterocycles. The molecule has 2 rings (SSSR count). The van der Waals surface area contributed by atoms with Crippen LogP contribution in [-0.2, 0) is 4.79 Å². The molecule has 0 spiro atoms. The third kappa shape index (κ3) is 2.03. The van der Waals surface area contributed by atoms with E-state index in [0.29, 0.717) is 0 Å². The first-order chi connectivity index (χ1) is 7.58. The quantitative estimate of drug-likeness (QED) is 0.751. The highest BCUT2D eigenvalue weighted by molar-refractivity contribution is 5.81. The van der Waals surface area contributed by atoms with Crippen molar-refractivity contribution in [2.75, 3.05) is 32.1 Å². The fourth-order valence-electron chi connectivity index (χ4n) is 2.04. The van der Waals surface area contributed by atoms with Gasteiger partial charge in [-0.05, 0) is 24.6 Å². The first-order valence-corrected chi connectivity index (χ1v) is 5.60. The van der Waals surface area contributed by atoms with Crippen LogP contribution in [0.25, 0.3) is 0 Å². The molecule has 1 aromatic rings. The van der Waals surface area contributed by atoms with Gasteiger partial charge in [0.2, 0.25) is 5.91 Å². The molecular formula is C13H18N2O. The van der Waals surface area contributed by atoms with E-state index in [0.717, 1.165) is 13.1 Å². The molecule has 1 aliphatic heterocycles. The standard InChI is InChI=1S/C13H18N2O/c1-10-5-4-6-12(7-10)15-8-11(9-15)13(16)14(2)3/h4-7,11H,8-9H2,1-3H3. The molecule has 0 radical (unpaired) electrons. The Labute approximate surface area is 96.7 Å². The molecule has 0 saturated carbocycles. The normalized spacial score (nSPS) is 15.8. The van der Waals surface area contributed by atoms with E-state index in [9.17, 15) is 4.79 Å². The summed E-state index contributed by atoms with van der Waals surface area (Å²) in [5, 5.41) is 0. The van der Waals surface area contributed by atoms with E-state index in [4.69, 9.17) is 0 Å². The van der Waals surface area contributed by atoms with Crippen LogP contribution in [-0.4, -0.2) is 38.0 Å². The smallest absolute Gasteiger partial charge is 0.228 e. The third-order valence-corrected chi connectivity index (χ3v) is 3.04. The van der Waals surface area contributed by atoms with Crippen LogP contribution < -0.4 is 4.90 Å². The van der Waals surface area contributed by atoms with Crippen molar-refractivity contribution < 1.29 is 4.79 Å². The van der Waals surface area contributed by atoms with E-state index < -0.39 is 0 Å². The Morgan fingerprint density at radius 1 is 1.38 bits per heavy atom. The topological polar surface area (TPSA) is 23.6 Å². The second-order valence-electron chi connectivity index (χ2n) is 4.67. The average molecular weight is 218 g/mol. The average Bonchev–Trinajstić information content (AvgIpc) is 2.15. The summed E-state index contributed by atoms with van der Waals surface area (Å²) in [5.74, 6) is 0.416. The van der Waals surface area contributed by atoms with Crippen molar-refractivity contribution in [3.8, 4) is 0 Å². The first kappa shape index (κ1) is 11.0. The van der Waals surface area contributed by atoms with E-state index in [1.807, 2.05) is 14.1 Å². The summed E-state index contributed by atoms with van der Waals surface area (Å²) in [6.45, 7) is 3.78. The minimum Gasteiger partial charge on any atom is -0.370 e. The van der Waals surface area contributed by atoms with Crippen molar-refractivity contribution in [1.29, 1.82) is 0 Å². The number of aryl methyl sites for hydroxylation is 1. The van der Waals surface area contributed by atoms with E-state index in [1.165, 1.54) is 11.3 Å². The fourth-order valence-corrected chi connectivity index (χ4v) is 2.04. The van der Waals surface area contributed by atoms with E-state index in [1.54, 1.807) is 4.90 Å². The number of amides is 1. The van der Waals surface area contributed by atoms with Gasteiger partial charge in [0, 0.05) is 32.9 Å². The molecular weight excluding hydrogens is 200 g/mol. The van der Waals surface area contributed by atoms with Crippen molar-refractivity contribution in [2.24, 2.45) is 5.92 Å². The summed E-state index contributed by atoms with van der Waals surface area (Å²) in [7, 11) is 3.63. The zero-order valence-electron chi connectivity index (χ0n) is 10.1. The maximum absolute atomic E-state index is 11.7. The second-order valence-corrected chi connectivity index (χ2v) is 4.67. The summed E-state index contributed by atoms with van der Waals surface area (Å²) >= 11 is 0. The van der Waals surface area contributed by atoms with Crippen molar-refractivity contribution in [3.63, 3.8) is 0 Å². The molecule has 0 aliphatic carbocycles. The molecule has 1 fully saturated rings. The molecule has 0 N–H and O–H groups in total. The number of hydrogen-bond donors (Lipinski definition) is 0. The van der Waals surface area contributed by atoms with Gasteiger partial charge in [-0.3, -0.25) is 4.79 Å². The van der Waals surface area contributed by atoms with Gasteiger partial charge >= 0.3 is 0 Å². The van der Waals surface area contributed by atoms with Gasteiger partial charge < -0.3 is 9.80 Å². The minimum absolute atomic E-state index is 0.176. The van der Waals surface area contributed by atoms with Crippen LogP contribution in [0.1, 0.15) is 5.56 Å². The van der Waals surface area contributed by atoms with Crippen molar-refractivity contribution in [3.05, 3.63) is 29.8 Å². The molecule has 0 atom stereocenters. The summed E-state index contributed by atoms with van der Waals surface area (Å²) in [5.41, 5.74) is 2.49. The van der Waals surface area contributed by atoms with Crippen LogP contribution >= 0.6 is 0 Å². The Kier molecular flexibility index (Phi) is 2.86. The number of nitrogens with zero attached hydrogens (tertiary/aromatic N) is 2. The predicted octanol–water partition coefficient (Wildman–Crippen LogP) is 1.52. The number of hydrogen-bond acceptors (Lipinski definition) is 2. The molecule has 1 aromatic carbocycles. The van der Waals surface area contributed by atoms with E-state index >= 15 is 0 Å². The van der Waals surface area contributed by atoms with Crippen molar-refractivity contribution >= 4 is 11.6 Å². The Balaban J connectivity index is 1.96. The zero-order valence-corrected chi connectivity index (χ0v) is 10.1. The van der Waals surface area contributed by atoms with Gasteiger partial charge in [0.1, 0.15) is 0 Å². The zero-order chi connectivity index (χ0) is 11.7. The summed E-state index contributed by atoms with van der Waals surface area (Å²) in [6.07, 6.45) is 0. The Bertz CT molecular complexity index is 395. The van der Waals surface area contributed by atoms with E-state index in [2.05, 4.69) is 36.1 Å². The van der Waals surface area contributed by atoms with Gasteiger partial charge in [0.15, 0.2) is 0 Å². The number of carbonyl (C=O) groups is 1. The van der Waals surface area contributed by atoms with Crippen LogP contribution in [0.2, 0.25) is 0 Å². The predicted molar refractivity (Wildman–Crippen MR) is 65.6 cm³/mol. The Morgan fingerprint density at radius 3 is 2.62 bits per heavy atom. The van der Waals surface area contributed by atoms with Gasteiger partial charge in [-0.25, -0.2) is 0 Å². The lowest BCUT2D eigenvalue weighted by atomic mass is 9.97. The molecule has 1 heterocycles. The van der Waals surface area contributed by atoms with Crippen LogP contribution in [0.5, 0.6) is 0 Å². The molecule has 3 heteroatoms. The van der Waals surface area contributed by atoms with Crippen LogP contribution in [0.15, 0.2) is 24.3 Å². The Hall–Kier alpha value is -1.51. The highest BCUT2D eigenvalue weighted by Crippen LogP contribution is 2.25. The minimum atomic E-state index is 0.176. The molecule has 1 aliphatic rings. The highest BCUT2D eigenvalue weighted by Gasteiger charge is 2.33. The molecule has 0 aromatic heterocycles. The molecule has 1 amide bonds. The van der Waals surface area contributed by atoms with Gasteiger partial charge in [-0.2, -0.15) is 0 Å². The maximum atomic E-state index is 11.7. The summed E-state index contributed by atoms with van der Waals surface area (Å²) in [6, 6.07) is 8.41. The molecule has 3 nitrogen and oxygen atoms in total. The number of carbonyl (C=O) groups excluding carboxylic acids is 1. The fraction of sp³-hybridized carbons (Fsp3) is 0.462. The van der Waals surface area contributed by atoms with Crippen LogP contribution in [0.4, 0.5) is 5.69 Å². The summed E-state index contributed by atoms with van der Waals surface area (Å²) < 4.78 is 0. The van der Waals surface area contributed by atoms with E-state index in [-0.39, 0.29) is 11.8 Å². The lowest BCUT2D eigenvalue weighted by Gasteiger charge is -2.41. The number of benzene rings is 1. The van der Waals surface area contributed by atoms with Gasteiger partial charge in [-0.15, -0.1) is 0 Å². The monoisotopic (exact) mass is 218 g/mol. The largest absolute Gasteiger partial charge is 0.370 e. The molecule has 0 bridgehead atoms. The first-order valence-electron chi connectivity index (χ1n) is 5.60. The second kappa shape index (κ2) is 4.16. The summed E-state index contributed by atoms with van der Waals surface area (Å²) in [4.78, 5) is 15.6. The highest BCUT2D eigenvalue weighted by atomic mass is 16.2. The van der Waals surface area contributed by atoms with Crippen LogP contribution in [0.3, 0.4) is 0 Å². The lowest BCUT2D eigenvalue weighted by molar-refractivity contribution is -0.133. The number of rotatable bonds is 2. The van der Waals surface area contributed by atoms with Crippen LogP contribution in [0, 0.1) is 12.8 Å². The van der Waals surface area contributed by atoms with Crippen molar-refractivity contribution in [1.82, 2.24) is 4.90 Å². The molecule has 86 valence electrons. The van der Waals surface area contributed by atoms with Gasteiger partial charge in [-0.1, -0.05) is 12.1 Å². The maximum Gasteiger partial charge on any atom is 0.228 e. The molecule has 0 unspecified atom stereocenters. The molecule has 16 heavy (non-hydrogen) atoms.